The first-order valence-corrected chi connectivity index (χ1v) is 8.56. The molecule has 1 aliphatic rings. The summed E-state index contributed by atoms with van der Waals surface area (Å²) in [5.74, 6) is -0.223. The van der Waals surface area contributed by atoms with E-state index in [2.05, 4.69) is 0 Å². The molecule has 27 heavy (non-hydrogen) atoms. The van der Waals surface area contributed by atoms with Crippen LogP contribution in [0.2, 0.25) is 0 Å². The van der Waals surface area contributed by atoms with Crippen molar-refractivity contribution in [1.82, 2.24) is 4.90 Å². The van der Waals surface area contributed by atoms with Crippen molar-refractivity contribution in [3.8, 4) is 11.5 Å². The molecule has 0 bridgehead atoms. The highest BCUT2D eigenvalue weighted by Gasteiger charge is 2.37. The maximum absolute atomic E-state index is 14.0. The molecule has 3 rings (SSSR count). The van der Waals surface area contributed by atoms with Crippen LogP contribution in [0.4, 0.5) is 10.1 Å². The van der Waals surface area contributed by atoms with E-state index in [0.29, 0.717) is 17.2 Å². The molecule has 0 spiro atoms. The number of nitrogens with zero attached hydrogens (tertiary/aromatic N) is 2. The number of hydrogen-bond acceptors (Lipinski definition) is 4. The smallest absolute Gasteiger partial charge is 0.257 e. The Labute approximate surface area is 157 Å². The van der Waals surface area contributed by atoms with Crippen LogP contribution < -0.4 is 14.4 Å². The van der Waals surface area contributed by atoms with Crippen molar-refractivity contribution in [2.45, 2.75) is 13.0 Å². The number of amides is 2. The Bertz CT molecular complexity index is 871. The van der Waals surface area contributed by atoms with Gasteiger partial charge in [-0.25, -0.2) is 4.39 Å². The second kappa shape index (κ2) is 7.65. The third kappa shape index (κ3) is 3.45. The minimum absolute atomic E-state index is 0.0346. The first-order valence-electron chi connectivity index (χ1n) is 8.56. The minimum atomic E-state index is -0.724. The normalized spacial score (nSPS) is 17.0. The lowest BCUT2D eigenvalue weighted by atomic mass is 10.1. The summed E-state index contributed by atoms with van der Waals surface area (Å²) in [6.07, 6.45) is 0. The monoisotopic (exact) mass is 372 g/mol. The van der Waals surface area contributed by atoms with E-state index in [1.807, 2.05) is 0 Å². The molecule has 1 aliphatic heterocycles. The average Bonchev–Trinajstić information content (AvgIpc) is 2.69. The number of hydrogen-bond donors (Lipinski definition) is 0. The number of carbonyl (C=O) groups is 2. The largest absolute Gasteiger partial charge is 0.497 e. The number of rotatable bonds is 4. The molecule has 2 aromatic rings. The van der Waals surface area contributed by atoms with Crippen LogP contribution >= 0.6 is 0 Å². The molecule has 6 nitrogen and oxygen atoms in total. The Balaban J connectivity index is 1.85. The van der Waals surface area contributed by atoms with Gasteiger partial charge in [0.1, 0.15) is 23.4 Å². The van der Waals surface area contributed by atoms with Crippen LogP contribution in [-0.2, 0) is 4.79 Å². The minimum Gasteiger partial charge on any atom is -0.497 e. The highest BCUT2D eigenvalue weighted by atomic mass is 19.1. The molecule has 142 valence electrons. The van der Waals surface area contributed by atoms with Crippen LogP contribution in [-0.4, -0.2) is 50.1 Å². The van der Waals surface area contributed by atoms with Gasteiger partial charge in [-0.15, -0.1) is 0 Å². The standard InChI is InChI=1S/C20H21FN2O4/c1-13-19(24)23(17-9-8-14(26-2)12-18(17)27-3)11-10-22(13)20(25)15-6-4-5-7-16(15)21/h4-9,12-13H,10-11H2,1-3H3/t13-/m0/s1. The van der Waals surface area contributed by atoms with Crippen LogP contribution in [0, 0.1) is 5.82 Å². The molecule has 1 saturated heterocycles. The van der Waals surface area contributed by atoms with Crippen LogP contribution in [0.3, 0.4) is 0 Å². The maximum atomic E-state index is 14.0. The number of piperazine rings is 1. The lowest BCUT2D eigenvalue weighted by Crippen LogP contribution is -2.58. The Morgan fingerprint density at radius 2 is 1.85 bits per heavy atom. The van der Waals surface area contributed by atoms with Crippen molar-refractivity contribution < 1.29 is 23.5 Å². The fourth-order valence-electron chi connectivity index (χ4n) is 3.18. The molecule has 0 unspecified atom stereocenters. The third-order valence-corrected chi connectivity index (χ3v) is 4.70. The van der Waals surface area contributed by atoms with Gasteiger partial charge < -0.3 is 19.3 Å². The van der Waals surface area contributed by atoms with Crippen molar-refractivity contribution in [1.29, 1.82) is 0 Å². The topological polar surface area (TPSA) is 59.1 Å². The molecule has 0 aromatic heterocycles. The zero-order chi connectivity index (χ0) is 19.6. The van der Waals surface area contributed by atoms with Crippen LogP contribution in [0.5, 0.6) is 11.5 Å². The van der Waals surface area contributed by atoms with Crippen molar-refractivity contribution in [2.75, 3.05) is 32.2 Å². The Kier molecular flexibility index (Phi) is 5.30. The molecule has 1 fully saturated rings. The van der Waals surface area contributed by atoms with Gasteiger partial charge in [-0.05, 0) is 31.2 Å². The first-order chi connectivity index (χ1) is 13.0. The predicted molar refractivity (Wildman–Crippen MR) is 98.8 cm³/mol. The fraction of sp³-hybridized carbons (Fsp3) is 0.300. The highest BCUT2D eigenvalue weighted by Crippen LogP contribution is 2.34. The Morgan fingerprint density at radius 1 is 1.11 bits per heavy atom. The number of benzene rings is 2. The van der Waals surface area contributed by atoms with Gasteiger partial charge in [-0.1, -0.05) is 12.1 Å². The SMILES string of the molecule is COc1ccc(N2CCN(C(=O)c3ccccc3F)[C@@H](C)C2=O)c(OC)c1. The average molecular weight is 372 g/mol. The van der Waals surface area contributed by atoms with Crippen LogP contribution in [0.1, 0.15) is 17.3 Å². The summed E-state index contributed by atoms with van der Waals surface area (Å²) in [6, 6.07) is 10.2. The number of methoxy groups -OCH3 is 2. The van der Waals surface area contributed by atoms with Crippen molar-refractivity contribution in [2.24, 2.45) is 0 Å². The molecule has 0 aliphatic carbocycles. The molecule has 2 amide bonds. The number of halogens is 1. The summed E-state index contributed by atoms with van der Waals surface area (Å²) in [5, 5.41) is 0. The first kappa shape index (κ1) is 18.7. The van der Waals surface area contributed by atoms with Crippen LogP contribution in [0.15, 0.2) is 42.5 Å². The molecular weight excluding hydrogens is 351 g/mol. The third-order valence-electron chi connectivity index (χ3n) is 4.70. The lowest BCUT2D eigenvalue weighted by molar-refractivity contribution is -0.124. The van der Waals surface area contributed by atoms with Crippen molar-refractivity contribution in [3.05, 3.63) is 53.8 Å². The van der Waals surface area contributed by atoms with Gasteiger partial charge >= 0.3 is 0 Å². The van der Waals surface area contributed by atoms with Gasteiger partial charge in [-0.3, -0.25) is 9.59 Å². The van der Waals surface area contributed by atoms with E-state index in [9.17, 15) is 14.0 Å². The van der Waals surface area contributed by atoms with Gasteiger partial charge in [0, 0.05) is 19.2 Å². The lowest BCUT2D eigenvalue weighted by Gasteiger charge is -2.39. The Morgan fingerprint density at radius 3 is 2.52 bits per heavy atom. The molecular formula is C20H21FN2O4. The van der Waals surface area contributed by atoms with E-state index in [4.69, 9.17) is 9.47 Å². The van der Waals surface area contributed by atoms with E-state index >= 15 is 0 Å². The number of anilines is 1. The summed E-state index contributed by atoms with van der Waals surface area (Å²) in [6.45, 7) is 2.21. The van der Waals surface area contributed by atoms with E-state index < -0.39 is 17.8 Å². The summed E-state index contributed by atoms with van der Waals surface area (Å²) < 4.78 is 24.5. The zero-order valence-corrected chi connectivity index (χ0v) is 15.4. The van der Waals surface area contributed by atoms with E-state index in [0.717, 1.165) is 0 Å². The van der Waals surface area contributed by atoms with Gasteiger partial charge in [0.15, 0.2) is 0 Å². The van der Waals surface area contributed by atoms with E-state index in [1.54, 1.807) is 43.2 Å². The second-order valence-corrected chi connectivity index (χ2v) is 6.18. The maximum Gasteiger partial charge on any atom is 0.257 e. The molecule has 1 atom stereocenters. The fourth-order valence-corrected chi connectivity index (χ4v) is 3.18. The quantitative estimate of drug-likeness (QED) is 0.828. The van der Waals surface area contributed by atoms with E-state index in [-0.39, 0.29) is 24.6 Å². The van der Waals surface area contributed by atoms with Gasteiger partial charge in [0.25, 0.3) is 5.91 Å². The van der Waals surface area contributed by atoms with Crippen molar-refractivity contribution in [3.63, 3.8) is 0 Å². The summed E-state index contributed by atoms with van der Waals surface area (Å²) in [7, 11) is 3.07. The Hall–Kier alpha value is -3.09. The molecule has 0 radical (unpaired) electrons. The zero-order valence-electron chi connectivity index (χ0n) is 15.4. The highest BCUT2D eigenvalue weighted by molar-refractivity contribution is 6.04. The second-order valence-electron chi connectivity index (χ2n) is 6.18. The summed E-state index contributed by atoms with van der Waals surface area (Å²) in [4.78, 5) is 28.6. The van der Waals surface area contributed by atoms with Gasteiger partial charge in [0.2, 0.25) is 5.91 Å². The number of carbonyl (C=O) groups excluding carboxylic acids is 2. The summed E-state index contributed by atoms with van der Waals surface area (Å²) >= 11 is 0. The molecule has 0 saturated carbocycles. The van der Waals surface area contributed by atoms with Gasteiger partial charge in [-0.2, -0.15) is 0 Å². The predicted octanol–water partition coefficient (Wildman–Crippen LogP) is 2.72. The molecule has 1 heterocycles. The van der Waals surface area contributed by atoms with Crippen molar-refractivity contribution >= 4 is 17.5 Å². The van der Waals surface area contributed by atoms with E-state index in [1.165, 1.54) is 30.2 Å². The molecule has 7 heteroatoms. The summed E-state index contributed by atoms with van der Waals surface area (Å²) in [5.41, 5.74) is 0.570. The van der Waals surface area contributed by atoms with Gasteiger partial charge in [0.05, 0.1) is 25.5 Å². The molecule has 0 N–H and O–H groups in total. The number of ether oxygens (including phenoxy) is 2. The van der Waals surface area contributed by atoms with Crippen LogP contribution in [0.25, 0.3) is 0 Å². The molecule has 2 aromatic carbocycles.